The van der Waals surface area contributed by atoms with Crippen LogP contribution in [0, 0.1) is 5.92 Å². The van der Waals surface area contributed by atoms with Crippen molar-refractivity contribution in [2.45, 2.75) is 37.7 Å². The molecule has 1 atom stereocenters. The number of methoxy groups -OCH3 is 1. The second kappa shape index (κ2) is 3.70. The van der Waals surface area contributed by atoms with Crippen LogP contribution in [0.1, 0.15) is 49.2 Å². The maximum absolute atomic E-state index is 5.83. The zero-order valence-electron chi connectivity index (χ0n) is 9.52. The predicted molar refractivity (Wildman–Crippen MR) is 60.9 cm³/mol. The van der Waals surface area contributed by atoms with Gasteiger partial charge in [0.15, 0.2) is 5.82 Å². The molecule has 86 valence electrons. The van der Waals surface area contributed by atoms with E-state index < -0.39 is 0 Å². The quantitative estimate of drug-likeness (QED) is 0.841. The fourth-order valence-electron chi connectivity index (χ4n) is 2.13. The van der Waals surface area contributed by atoms with Crippen LogP contribution in [0.3, 0.4) is 0 Å². The highest BCUT2D eigenvalue weighted by Gasteiger charge is 2.35. The summed E-state index contributed by atoms with van der Waals surface area (Å²) in [7, 11) is 1.73. The van der Waals surface area contributed by atoms with Gasteiger partial charge in [0.1, 0.15) is 11.9 Å². The molecule has 2 N–H and O–H groups in total. The van der Waals surface area contributed by atoms with Crippen LogP contribution in [0.15, 0.2) is 6.07 Å². The second-order valence-corrected chi connectivity index (χ2v) is 4.84. The molecule has 1 unspecified atom stereocenters. The molecule has 0 radical (unpaired) electrons. The van der Waals surface area contributed by atoms with Crippen molar-refractivity contribution >= 4 is 5.82 Å². The van der Waals surface area contributed by atoms with E-state index in [4.69, 9.17) is 10.5 Å². The maximum Gasteiger partial charge on any atom is 0.160 e. The number of rotatable bonds is 4. The normalized spacial score (nSPS) is 22.1. The van der Waals surface area contributed by atoms with Crippen molar-refractivity contribution in [3.05, 3.63) is 17.6 Å². The summed E-state index contributed by atoms with van der Waals surface area (Å²) in [5, 5.41) is 0. The first-order valence-corrected chi connectivity index (χ1v) is 5.95. The van der Waals surface area contributed by atoms with Gasteiger partial charge in [0.25, 0.3) is 0 Å². The van der Waals surface area contributed by atoms with E-state index in [1.807, 2.05) is 6.07 Å². The van der Waals surface area contributed by atoms with E-state index in [1.165, 1.54) is 25.7 Å². The summed E-state index contributed by atoms with van der Waals surface area (Å²) in [6, 6.07) is 1.90. The van der Waals surface area contributed by atoms with Crippen molar-refractivity contribution < 1.29 is 4.74 Å². The Kier molecular flexibility index (Phi) is 2.32. The molecule has 0 bridgehead atoms. The molecule has 1 aromatic rings. The van der Waals surface area contributed by atoms with E-state index in [9.17, 15) is 0 Å². The topological polar surface area (TPSA) is 61.0 Å². The molecule has 2 fully saturated rings. The summed E-state index contributed by atoms with van der Waals surface area (Å²) in [6.07, 6.45) is 4.94. The largest absolute Gasteiger partial charge is 0.384 e. The van der Waals surface area contributed by atoms with Crippen molar-refractivity contribution in [2.75, 3.05) is 12.8 Å². The Morgan fingerprint density at radius 2 is 2.06 bits per heavy atom. The first-order valence-electron chi connectivity index (χ1n) is 5.95. The maximum atomic E-state index is 5.83. The number of hydrogen-bond acceptors (Lipinski definition) is 4. The van der Waals surface area contributed by atoms with Gasteiger partial charge in [-0.15, -0.1) is 0 Å². The smallest absolute Gasteiger partial charge is 0.160 e. The molecule has 0 aromatic carbocycles. The third-order valence-corrected chi connectivity index (χ3v) is 3.34. The number of hydrogen-bond donors (Lipinski definition) is 1. The summed E-state index contributed by atoms with van der Waals surface area (Å²) in [6.45, 7) is 0. The van der Waals surface area contributed by atoms with E-state index >= 15 is 0 Å². The standard InChI is InChI=1S/C12H17N3O/c1-16-11(8-4-5-8)12-14-9(7-2-3-7)6-10(13)15-12/h6-8,11H,2-5H2,1H3,(H2,13,14,15). The fourth-order valence-corrected chi connectivity index (χ4v) is 2.13. The van der Waals surface area contributed by atoms with E-state index in [0.717, 1.165) is 11.5 Å². The molecule has 2 aliphatic rings. The fraction of sp³-hybridized carbons (Fsp3) is 0.667. The molecule has 4 heteroatoms. The Labute approximate surface area is 95.2 Å². The molecule has 16 heavy (non-hydrogen) atoms. The zero-order chi connectivity index (χ0) is 11.1. The Bertz CT molecular complexity index is 399. The summed E-state index contributed by atoms with van der Waals surface area (Å²) in [4.78, 5) is 8.93. The lowest BCUT2D eigenvalue weighted by molar-refractivity contribution is 0.0771. The van der Waals surface area contributed by atoms with Crippen LogP contribution in [0.25, 0.3) is 0 Å². The number of anilines is 1. The van der Waals surface area contributed by atoms with E-state index in [1.54, 1.807) is 7.11 Å². The zero-order valence-corrected chi connectivity index (χ0v) is 9.52. The van der Waals surface area contributed by atoms with Gasteiger partial charge < -0.3 is 10.5 Å². The second-order valence-electron chi connectivity index (χ2n) is 4.84. The van der Waals surface area contributed by atoms with Gasteiger partial charge in [0, 0.05) is 24.8 Å². The third kappa shape index (κ3) is 1.89. The molecule has 2 saturated carbocycles. The Morgan fingerprint density at radius 1 is 1.31 bits per heavy atom. The van der Waals surface area contributed by atoms with Crippen LogP contribution in [0.5, 0.6) is 0 Å². The van der Waals surface area contributed by atoms with Crippen molar-refractivity contribution in [1.29, 1.82) is 0 Å². The highest BCUT2D eigenvalue weighted by atomic mass is 16.5. The molecule has 1 aromatic heterocycles. The highest BCUT2D eigenvalue weighted by Crippen LogP contribution is 2.44. The molecule has 1 heterocycles. The minimum atomic E-state index is 0.0426. The summed E-state index contributed by atoms with van der Waals surface area (Å²) in [5.74, 6) is 2.57. The van der Waals surface area contributed by atoms with Crippen molar-refractivity contribution in [2.24, 2.45) is 5.92 Å². The monoisotopic (exact) mass is 219 g/mol. The lowest BCUT2D eigenvalue weighted by atomic mass is 10.2. The van der Waals surface area contributed by atoms with Crippen LogP contribution < -0.4 is 5.73 Å². The Morgan fingerprint density at radius 3 is 2.62 bits per heavy atom. The summed E-state index contributed by atoms with van der Waals surface area (Å²) < 4.78 is 5.49. The molecular weight excluding hydrogens is 202 g/mol. The average molecular weight is 219 g/mol. The van der Waals surface area contributed by atoms with Crippen molar-refractivity contribution in [1.82, 2.24) is 9.97 Å². The molecule has 0 aliphatic heterocycles. The molecular formula is C12H17N3O. The summed E-state index contributed by atoms with van der Waals surface area (Å²) >= 11 is 0. The van der Waals surface area contributed by atoms with Gasteiger partial charge in [-0.25, -0.2) is 9.97 Å². The van der Waals surface area contributed by atoms with Gasteiger partial charge in [0.05, 0.1) is 0 Å². The minimum absolute atomic E-state index is 0.0426. The van der Waals surface area contributed by atoms with E-state index in [2.05, 4.69) is 9.97 Å². The highest BCUT2D eigenvalue weighted by molar-refractivity contribution is 5.33. The summed E-state index contributed by atoms with van der Waals surface area (Å²) in [5.41, 5.74) is 6.93. The number of aromatic nitrogens is 2. The van der Waals surface area contributed by atoms with Crippen molar-refractivity contribution in [3.63, 3.8) is 0 Å². The molecule has 4 nitrogen and oxygen atoms in total. The number of nitrogens with zero attached hydrogens (tertiary/aromatic N) is 2. The van der Waals surface area contributed by atoms with Crippen LogP contribution >= 0.6 is 0 Å². The van der Waals surface area contributed by atoms with Gasteiger partial charge in [0.2, 0.25) is 0 Å². The Hall–Kier alpha value is -1.16. The first-order chi connectivity index (χ1) is 7.78. The SMILES string of the molecule is COC(c1nc(N)cc(C2CC2)n1)C1CC1. The van der Waals surface area contributed by atoms with Gasteiger partial charge in [-0.3, -0.25) is 0 Å². The number of ether oxygens (including phenoxy) is 1. The van der Waals surface area contributed by atoms with Crippen LogP contribution in [-0.4, -0.2) is 17.1 Å². The molecule has 0 amide bonds. The lowest BCUT2D eigenvalue weighted by Crippen LogP contribution is -2.11. The van der Waals surface area contributed by atoms with Crippen LogP contribution in [0.4, 0.5) is 5.82 Å². The van der Waals surface area contributed by atoms with Crippen LogP contribution in [0.2, 0.25) is 0 Å². The predicted octanol–water partition coefficient (Wildman–Crippen LogP) is 2.03. The molecule has 0 saturated heterocycles. The Balaban J connectivity index is 1.91. The van der Waals surface area contributed by atoms with Gasteiger partial charge in [-0.1, -0.05) is 0 Å². The molecule has 0 spiro atoms. The van der Waals surface area contributed by atoms with Crippen LogP contribution in [-0.2, 0) is 4.74 Å². The molecule has 2 aliphatic carbocycles. The lowest BCUT2D eigenvalue weighted by Gasteiger charge is -2.14. The van der Waals surface area contributed by atoms with E-state index in [-0.39, 0.29) is 6.10 Å². The van der Waals surface area contributed by atoms with Gasteiger partial charge in [-0.05, 0) is 31.6 Å². The average Bonchev–Trinajstić information content (AvgIpc) is 3.13. The van der Waals surface area contributed by atoms with E-state index in [0.29, 0.717) is 17.7 Å². The number of nitrogen functional groups attached to an aromatic ring is 1. The van der Waals surface area contributed by atoms with Gasteiger partial charge >= 0.3 is 0 Å². The minimum Gasteiger partial charge on any atom is -0.384 e. The molecule has 3 rings (SSSR count). The van der Waals surface area contributed by atoms with Crippen molar-refractivity contribution in [3.8, 4) is 0 Å². The number of nitrogens with two attached hydrogens (primary N) is 1. The third-order valence-electron chi connectivity index (χ3n) is 3.34. The van der Waals surface area contributed by atoms with Gasteiger partial charge in [-0.2, -0.15) is 0 Å². The first kappa shape index (κ1) is 10.0.